The fraction of sp³-hybridized carbons (Fsp3) is 0.357. The summed E-state index contributed by atoms with van der Waals surface area (Å²) in [6.45, 7) is 2.48. The third-order valence-electron chi connectivity index (χ3n) is 7.23. The molecule has 1 aliphatic rings. The first-order valence-corrected chi connectivity index (χ1v) is 16.1. The third kappa shape index (κ3) is 7.13. The van der Waals surface area contributed by atoms with Gasteiger partial charge in [-0.05, 0) is 36.8 Å². The molecule has 1 saturated heterocycles. The molecule has 1 aliphatic heterocycles. The summed E-state index contributed by atoms with van der Waals surface area (Å²) in [5.74, 6) is -4.01. The molecular formula is C28H27F5N6O5S2. The standard InChI is InChI=1S/C28H27F5N6O5S2/c1-3-27(29,30)18-6-4-17(5-7-18)14-34-24(40)21-15-38(26-37-23-22(45-26)25(41)36-16(2)35-23)12-13-39(21)46(42,43)20-10-8-19(9-11-20)44-28(31,32)33/h4-11,21H,3,12-15H2,1-2H3,(H,34,40)(H,35,36,41)/t21-/m1/s1. The molecule has 0 spiro atoms. The Bertz CT molecular complexity index is 1900. The number of amides is 1. The van der Waals surface area contributed by atoms with Gasteiger partial charge in [-0.2, -0.15) is 9.29 Å². The van der Waals surface area contributed by atoms with E-state index in [1.54, 1.807) is 11.8 Å². The van der Waals surface area contributed by atoms with Gasteiger partial charge in [0.05, 0.1) is 4.90 Å². The van der Waals surface area contributed by atoms with Crippen molar-refractivity contribution in [3.63, 3.8) is 0 Å². The Kier molecular flexibility index (Phi) is 9.07. The number of nitrogens with zero attached hydrogens (tertiary/aromatic N) is 4. The van der Waals surface area contributed by atoms with Crippen LogP contribution < -0.4 is 20.5 Å². The zero-order chi connectivity index (χ0) is 33.4. The summed E-state index contributed by atoms with van der Waals surface area (Å²) in [5, 5.41) is 2.98. The SMILES string of the molecule is CCC(F)(F)c1ccc(CNC(=O)[C@H]2CN(c3nc4nc(C)[nH]c(=O)c4s3)CCN2S(=O)(=O)c2ccc(OC(F)(F)F)cc2)cc1. The van der Waals surface area contributed by atoms with Gasteiger partial charge in [-0.25, -0.2) is 22.2 Å². The highest BCUT2D eigenvalue weighted by atomic mass is 32.2. The van der Waals surface area contributed by atoms with Gasteiger partial charge in [0.1, 0.15) is 22.3 Å². The summed E-state index contributed by atoms with van der Waals surface area (Å²) in [5.41, 5.74) is 0.0902. The Labute approximate surface area is 263 Å². The Hall–Kier alpha value is -4.16. The third-order valence-corrected chi connectivity index (χ3v) is 10.3. The average Bonchev–Trinajstić information content (AvgIpc) is 3.44. The maximum atomic E-state index is 14.0. The van der Waals surface area contributed by atoms with Gasteiger partial charge < -0.3 is 19.9 Å². The number of carbonyl (C=O) groups excluding carboxylic acids is 1. The van der Waals surface area contributed by atoms with Crippen molar-refractivity contribution in [2.75, 3.05) is 24.5 Å². The summed E-state index contributed by atoms with van der Waals surface area (Å²) in [6.07, 6.45) is -5.36. The van der Waals surface area contributed by atoms with Crippen LogP contribution in [0.15, 0.2) is 58.2 Å². The molecule has 2 N–H and O–H groups in total. The van der Waals surface area contributed by atoms with Crippen molar-refractivity contribution < 1.29 is 39.9 Å². The van der Waals surface area contributed by atoms with E-state index in [9.17, 15) is 40.0 Å². The number of ether oxygens (including phenoxy) is 1. The van der Waals surface area contributed by atoms with Gasteiger partial charge in [0.15, 0.2) is 10.8 Å². The maximum absolute atomic E-state index is 14.0. The quantitative estimate of drug-likeness (QED) is 0.249. The lowest BCUT2D eigenvalue weighted by molar-refractivity contribution is -0.274. The predicted octanol–water partition coefficient (Wildman–Crippen LogP) is 4.28. The molecule has 18 heteroatoms. The van der Waals surface area contributed by atoms with Gasteiger partial charge in [-0.15, -0.1) is 13.2 Å². The highest BCUT2D eigenvalue weighted by Gasteiger charge is 2.41. The van der Waals surface area contributed by atoms with Crippen molar-refractivity contribution in [2.45, 2.75) is 50.0 Å². The van der Waals surface area contributed by atoms with Gasteiger partial charge in [0, 0.05) is 38.2 Å². The lowest BCUT2D eigenvalue weighted by atomic mass is 10.0. The lowest BCUT2D eigenvalue weighted by Gasteiger charge is -2.39. The number of thiazole rings is 1. The fourth-order valence-corrected chi connectivity index (χ4v) is 7.34. The van der Waals surface area contributed by atoms with E-state index in [1.165, 1.54) is 31.2 Å². The fourth-order valence-electron chi connectivity index (χ4n) is 4.84. The molecule has 0 unspecified atom stereocenters. The summed E-state index contributed by atoms with van der Waals surface area (Å²) in [7, 11) is -4.43. The number of aromatic nitrogens is 3. The molecule has 5 rings (SSSR count). The molecule has 11 nitrogen and oxygen atoms in total. The van der Waals surface area contributed by atoms with Crippen molar-refractivity contribution in [3.05, 3.63) is 75.8 Å². The number of hydrogen-bond acceptors (Lipinski definition) is 9. The van der Waals surface area contributed by atoms with Crippen molar-refractivity contribution in [2.24, 2.45) is 0 Å². The number of sulfonamides is 1. The second kappa shape index (κ2) is 12.6. The Morgan fingerprint density at radius 3 is 2.37 bits per heavy atom. The Morgan fingerprint density at radius 1 is 1.07 bits per heavy atom. The van der Waals surface area contributed by atoms with Crippen molar-refractivity contribution in [3.8, 4) is 5.75 Å². The second-order valence-corrected chi connectivity index (χ2v) is 13.2. The molecule has 3 heterocycles. The lowest BCUT2D eigenvalue weighted by Crippen LogP contribution is -2.60. The van der Waals surface area contributed by atoms with Gasteiger partial charge in [0.25, 0.3) is 11.5 Å². The molecule has 0 aliphatic carbocycles. The van der Waals surface area contributed by atoms with Crippen LogP contribution in [-0.2, 0) is 27.3 Å². The van der Waals surface area contributed by atoms with Crippen LogP contribution in [-0.4, -0.2) is 65.6 Å². The van der Waals surface area contributed by atoms with E-state index >= 15 is 0 Å². The topological polar surface area (TPSA) is 138 Å². The number of aromatic amines is 1. The number of hydrogen-bond donors (Lipinski definition) is 2. The normalized spacial score (nSPS) is 16.5. The van der Waals surface area contributed by atoms with Crippen molar-refractivity contribution >= 4 is 42.7 Å². The molecule has 246 valence electrons. The molecule has 1 fully saturated rings. The van der Waals surface area contributed by atoms with E-state index in [0.717, 1.165) is 39.9 Å². The van der Waals surface area contributed by atoms with Crippen LogP contribution in [0, 0.1) is 6.92 Å². The van der Waals surface area contributed by atoms with E-state index in [0.29, 0.717) is 16.5 Å². The smallest absolute Gasteiger partial charge is 0.406 e. The largest absolute Gasteiger partial charge is 0.573 e. The number of benzene rings is 2. The molecular weight excluding hydrogens is 659 g/mol. The highest BCUT2D eigenvalue weighted by molar-refractivity contribution is 7.89. The summed E-state index contributed by atoms with van der Waals surface area (Å²) < 4.78 is 98.4. The molecule has 1 atom stereocenters. The van der Waals surface area contributed by atoms with Gasteiger partial charge >= 0.3 is 6.36 Å². The maximum Gasteiger partial charge on any atom is 0.573 e. The highest BCUT2D eigenvalue weighted by Crippen LogP contribution is 2.32. The van der Waals surface area contributed by atoms with Crippen LogP contribution in [0.3, 0.4) is 0 Å². The average molecular weight is 687 g/mol. The second-order valence-electron chi connectivity index (χ2n) is 10.4. The first-order valence-electron chi connectivity index (χ1n) is 13.8. The molecule has 0 bridgehead atoms. The van der Waals surface area contributed by atoms with Crippen LogP contribution in [0.4, 0.5) is 27.1 Å². The summed E-state index contributed by atoms with van der Waals surface area (Å²) in [4.78, 5) is 38.5. The number of fused-ring (bicyclic) bond motifs is 1. The number of halogens is 5. The number of anilines is 1. The number of H-pyrrole nitrogens is 1. The number of carbonyl (C=O) groups is 1. The van der Waals surface area contributed by atoms with E-state index in [1.807, 2.05) is 0 Å². The van der Waals surface area contributed by atoms with Crippen LogP contribution in [0.5, 0.6) is 5.75 Å². The molecule has 46 heavy (non-hydrogen) atoms. The molecule has 2 aromatic carbocycles. The van der Waals surface area contributed by atoms with E-state index in [2.05, 4.69) is 25.0 Å². The molecule has 4 aromatic rings. The van der Waals surface area contributed by atoms with E-state index < -0.39 is 45.6 Å². The van der Waals surface area contributed by atoms with Crippen LogP contribution in [0.25, 0.3) is 10.3 Å². The van der Waals surface area contributed by atoms with Crippen molar-refractivity contribution in [1.29, 1.82) is 0 Å². The van der Waals surface area contributed by atoms with Crippen LogP contribution in [0.2, 0.25) is 0 Å². The molecule has 0 radical (unpaired) electrons. The van der Waals surface area contributed by atoms with Gasteiger partial charge in [-0.1, -0.05) is 42.5 Å². The van der Waals surface area contributed by atoms with Crippen LogP contribution >= 0.6 is 11.3 Å². The number of rotatable bonds is 9. The Morgan fingerprint density at radius 2 is 1.74 bits per heavy atom. The number of alkyl halides is 5. The first kappa shape index (κ1) is 33.2. The molecule has 0 saturated carbocycles. The number of piperazine rings is 1. The minimum Gasteiger partial charge on any atom is -0.406 e. The number of nitrogens with one attached hydrogen (secondary N) is 2. The first-order chi connectivity index (χ1) is 21.6. The summed E-state index contributed by atoms with van der Waals surface area (Å²) >= 11 is 1.02. The van der Waals surface area contributed by atoms with E-state index in [4.69, 9.17) is 0 Å². The number of aryl methyl sites for hydroxylation is 1. The predicted molar refractivity (Wildman–Crippen MR) is 158 cm³/mol. The minimum absolute atomic E-state index is 0.0576. The zero-order valence-electron chi connectivity index (χ0n) is 24.3. The van der Waals surface area contributed by atoms with Gasteiger partial charge in [0.2, 0.25) is 15.9 Å². The minimum atomic E-state index is -4.98. The molecule has 2 aromatic heterocycles. The zero-order valence-corrected chi connectivity index (χ0v) is 25.9. The van der Waals surface area contributed by atoms with Gasteiger partial charge in [-0.3, -0.25) is 9.59 Å². The van der Waals surface area contributed by atoms with Crippen LogP contribution in [0.1, 0.15) is 30.3 Å². The van der Waals surface area contributed by atoms with Crippen molar-refractivity contribution in [1.82, 2.24) is 24.6 Å². The molecule has 1 amide bonds. The Balaban J connectivity index is 1.41. The van der Waals surface area contributed by atoms with E-state index in [-0.39, 0.29) is 53.4 Å². The monoisotopic (exact) mass is 686 g/mol. The summed E-state index contributed by atoms with van der Waals surface area (Å²) in [6, 6.07) is 7.60.